The molecule has 0 aliphatic heterocycles. The first-order chi connectivity index (χ1) is 12.2. The molecule has 25 heavy (non-hydrogen) atoms. The van der Waals surface area contributed by atoms with Gasteiger partial charge in [0, 0.05) is 6.54 Å². The van der Waals surface area contributed by atoms with Crippen LogP contribution in [0.2, 0.25) is 0 Å². The van der Waals surface area contributed by atoms with Crippen LogP contribution >= 0.6 is 0 Å². The summed E-state index contributed by atoms with van der Waals surface area (Å²) in [6.07, 6.45) is 3.82. The second-order valence-electron chi connectivity index (χ2n) is 6.63. The van der Waals surface area contributed by atoms with Gasteiger partial charge in [-0.05, 0) is 41.7 Å². The third-order valence-electron chi connectivity index (χ3n) is 5.24. The summed E-state index contributed by atoms with van der Waals surface area (Å²) in [6, 6.07) is 15.5. The van der Waals surface area contributed by atoms with Crippen molar-refractivity contribution < 1.29 is 14.6 Å². The highest BCUT2D eigenvalue weighted by Gasteiger charge is 2.42. The van der Waals surface area contributed by atoms with Crippen molar-refractivity contribution in [1.82, 2.24) is 5.32 Å². The molecule has 0 heterocycles. The zero-order valence-electron chi connectivity index (χ0n) is 14.6. The smallest absolute Gasteiger partial charge is 0.230 e. The Morgan fingerprint density at radius 3 is 2.52 bits per heavy atom. The molecule has 1 saturated carbocycles. The lowest BCUT2D eigenvalue weighted by Gasteiger charge is -2.29. The molecule has 4 heteroatoms. The number of aliphatic hydroxyl groups excluding tert-OH is 1. The number of carbonyl (C=O) groups excluding carboxylic acids is 1. The summed E-state index contributed by atoms with van der Waals surface area (Å²) in [4.78, 5) is 13.1. The van der Waals surface area contributed by atoms with E-state index in [9.17, 15) is 9.90 Å². The van der Waals surface area contributed by atoms with Crippen molar-refractivity contribution in [2.45, 2.75) is 44.2 Å². The molecule has 1 aliphatic carbocycles. The number of aliphatic hydroxyl groups is 1. The summed E-state index contributed by atoms with van der Waals surface area (Å²) in [5, 5.41) is 12.6. The third kappa shape index (κ3) is 3.54. The molecule has 1 fully saturated rings. The number of amides is 1. The highest BCUT2D eigenvalue weighted by Crippen LogP contribution is 2.42. The van der Waals surface area contributed by atoms with Gasteiger partial charge in [0.1, 0.15) is 5.75 Å². The third-order valence-corrected chi connectivity index (χ3v) is 5.24. The number of nitrogens with one attached hydrogen (secondary N) is 1. The quantitative estimate of drug-likeness (QED) is 0.849. The Labute approximate surface area is 148 Å². The van der Waals surface area contributed by atoms with E-state index in [1.807, 2.05) is 48.5 Å². The lowest BCUT2D eigenvalue weighted by molar-refractivity contribution is -0.126. The molecule has 4 nitrogen and oxygen atoms in total. The van der Waals surface area contributed by atoms with E-state index in [-0.39, 0.29) is 12.5 Å². The number of carbonyl (C=O) groups is 1. The van der Waals surface area contributed by atoms with E-state index >= 15 is 0 Å². The molecule has 132 valence electrons. The first kappa shape index (κ1) is 17.5. The van der Waals surface area contributed by atoms with Crippen molar-refractivity contribution in [1.29, 1.82) is 0 Å². The molecule has 0 radical (unpaired) electrons. The fraction of sp³-hybridized carbons (Fsp3) is 0.381. The molecule has 1 aliphatic rings. The van der Waals surface area contributed by atoms with Gasteiger partial charge in [-0.3, -0.25) is 4.79 Å². The summed E-state index contributed by atoms with van der Waals surface area (Å²) < 4.78 is 5.34. The molecule has 3 rings (SSSR count). The standard InChI is InChI=1S/C21H25NO3/c1-25-19-10-6-9-18(13-19)21(11-4-5-12-21)20(24)22-14-16-7-2-3-8-17(16)15-23/h2-3,6-10,13,23H,4-5,11-12,14-15H2,1H3,(H,22,24). The second kappa shape index (κ2) is 7.70. The number of ether oxygens (including phenoxy) is 1. The lowest BCUT2D eigenvalue weighted by Crippen LogP contribution is -2.42. The number of hydrogen-bond acceptors (Lipinski definition) is 3. The Hall–Kier alpha value is -2.33. The molecule has 0 spiro atoms. The minimum absolute atomic E-state index is 0.0208. The van der Waals surface area contributed by atoms with Crippen LogP contribution in [0.25, 0.3) is 0 Å². The lowest BCUT2D eigenvalue weighted by atomic mass is 9.78. The number of rotatable bonds is 6. The first-order valence-electron chi connectivity index (χ1n) is 8.80. The number of methoxy groups -OCH3 is 1. The minimum atomic E-state index is -0.483. The van der Waals surface area contributed by atoms with Crippen LogP contribution in [0.4, 0.5) is 0 Å². The predicted molar refractivity (Wildman–Crippen MR) is 97.4 cm³/mol. The topological polar surface area (TPSA) is 58.6 Å². The zero-order valence-corrected chi connectivity index (χ0v) is 14.6. The second-order valence-corrected chi connectivity index (χ2v) is 6.63. The molecule has 2 aromatic rings. The van der Waals surface area contributed by atoms with Crippen LogP contribution in [0.3, 0.4) is 0 Å². The van der Waals surface area contributed by atoms with Gasteiger partial charge in [-0.1, -0.05) is 49.2 Å². The van der Waals surface area contributed by atoms with E-state index in [1.54, 1.807) is 7.11 Å². The van der Waals surface area contributed by atoms with E-state index in [0.717, 1.165) is 48.1 Å². The summed E-state index contributed by atoms with van der Waals surface area (Å²) in [6.45, 7) is 0.411. The van der Waals surface area contributed by atoms with Crippen molar-refractivity contribution in [2.24, 2.45) is 0 Å². The van der Waals surface area contributed by atoms with Gasteiger partial charge < -0.3 is 15.2 Å². The first-order valence-corrected chi connectivity index (χ1v) is 8.80. The van der Waals surface area contributed by atoms with E-state index in [2.05, 4.69) is 5.32 Å². The Balaban J connectivity index is 1.81. The Bertz CT molecular complexity index is 735. The summed E-state index contributed by atoms with van der Waals surface area (Å²) in [5.41, 5.74) is 2.35. The Morgan fingerprint density at radius 2 is 1.84 bits per heavy atom. The average molecular weight is 339 g/mol. The van der Waals surface area contributed by atoms with Crippen molar-refractivity contribution in [3.05, 3.63) is 65.2 Å². The molecule has 0 saturated heterocycles. The van der Waals surface area contributed by atoms with E-state index in [0.29, 0.717) is 6.54 Å². The highest BCUT2D eigenvalue weighted by molar-refractivity contribution is 5.88. The molecule has 0 unspecified atom stereocenters. The Morgan fingerprint density at radius 1 is 1.12 bits per heavy atom. The molecule has 2 N–H and O–H groups in total. The highest BCUT2D eigenvalue weighted by atomic mass is 16.5. The van der Waals surface area contributed by atoms with Crippen molar-refractivity contribution >= 4 is 5.91 Å². The zero-order chi connectivity index (χ0) is 17.7. The van der Waals surface area contributed by atoms with Gasteiger partial charge in [0.15, 0.2) is 0 Å². The molecule has 1 amide bonds. The van der Waals surface area contributed by atoms with Gasteiger partial charge in [-0.2, -0.15) is 0 Å². The molecule has 0 aromatic heterocycles. The average Bonchev–Trinajstić information content (AvgIpc) is 3.17. The fourth-order valence-electron chi connectivity index (χ4n) is 3.78. The minimum Gasteiger partial charge on any atom is -0.497 e. The van der Waals surface area contributed by atoms with Crippen LogP contribution in [0.5, 0.6) is 5.75 Å². The van der Waals surface area contributed by atoms with Crippen LogP contribution in [0.1, 0.15) is 42.4 Å². The number of hydrogen-bond donors (Lipinski definition) is 2. The predicted octanol–water partition coefficient (Wildman–Crippen LogP) is 3.32. The molecule has 2 aromatic carbocycles. The SMILES string of the molecule is COc1cccc(C2(C(=O)NCc3ccccc3CO)CCCC2)c1. The van der Waals surface area contributed by atoms with Gasteiger partial charge in [0.05, 0.1) is 19.1 Å². The molecular weight excluding hydrogens is 314 g/mol. The van der Waals surface area contributed by atoms with Crippen LogP contribution in [-0.4, -0.2) is 18.1 Å². The summed E-state index contributed by atoms with van der Waals surface area (Å²) >= 11 is 0. The van der Waals surface area contributed by atoms with E-state index in [1.165, 1.54) is 0 Å². The van der Waals surface area contributed by atoms with Crippen molar-refractivity contribution in [2.75, 3.05) is 7.11 Å². The van der Waals surface area contributed by atoms with E-state index < -0.39 is 5.41 Å². The van der Waals surface area contributed by atoms with Crippen LogP contribution in [0.15, 0.2) is 48.5 Å². The Kier molecular flexibility index (Phi) is 5.39. The van der Waals surface area contributed by atoms with Crippen LogP contribution in [0, 0.1) is 0 Å². The van der Waals surface area contributed by atoms with Crippen molar-refractivity contribution in [3.8, 4) is 5.75 Å². The van der Waals surface area contributed by atoms with E-state index in [4.69, 9.17) is 4.74 Å². The van der Waals surface area contributed by atoms with Crippen LogP contribution < -0.4 is 10.1 Å². The van der Waals surface area contributed by atoms with Gasteiger partial charge in [0.25, 0.3) is 0 Å². The molecule has 0 atom stereocenters. The molecular formula is C21H25NO3. The van der Waals surface area contributed by atoms with Gasteiger partial charge in [0.2, 0.25) is 5.91 Å². The van der Waals surface area contributed by atoms with Gasteiger partial charge in [-0.25, -0.2) is 0 Å². The fourth-order valence-corrected chi connectivity index (χ4v) is 3.78. The van der Waals surface area contributed by atoms with Gasteiger partial charge in [-0.15, -0.1) is 0 Å². The van der Waals surface area contributed by atoms with Gasteiger partial charge >= 0.3 is 0 Å². The maximum atomic E-state index is 13.1. The summed E-state index contributed by atoms with van der Waals surface area (Å²) in [5.74, 6) is 0.841. The largest absolute Gasteiger partial charge is 0.497 e. The van der Waals surface area contributed by atoms with Crippen molar-refractivity contribution in [3.63, 3.8) is 0 Å². The van der Waals surface area contributed by atoms with Crippen LogP contribution in [-0.2, 0) is 23.4 Å². The normalized spacial score (nSPS) is 15.8. The maximum Gasteiger partial charge on any atom is 0.230 e. The number of benzene rings is 2. The monoisotopic (exact) mass is 339 g/mol. The molecule has 0 bridgehead atoms. The maximum absolute atomic E-state index is 13.1. The summed E-state index contributed by atoms with van der Waals surface area (Å²) in [7, 11) is 1.65.